The van der Waals surface area contributed by atoms with Crippen LogP contribution in [0.3, 0.4) is 0 Å². The van der Waals surface area contributed by atoms with E-state index in [1.165, 1.54) is 27.7 Å². The quantitative estimate of drug-likeness (QED) is 0.475. The van der Waals surface area contributed by atoms with Gasteiger partial charge in [-0.1, -0.05) is 30.3 Å². The summed E-state index contributed by atoms with van der Waals surface area (Å²) < 4.78 is 2.34. The number of hydrogen-bond acceptors (Lipinski definition) is 0. The Balaban J connectivity index is 0.00000120. The van der Waals surface area contributed by atoms with Crippen LogP contribution in [-0.4, -0.2) is 17.3 Å². The molecule has 18 heavy (non-hydrogen) atoms. The molecule has 0 aliphatic carbocycles. The van der Waals surface area contributed by atoms with E-state index in [-0.39, 0.29) is 29.4 Å². The molecule has 0 radical (unpaired) electrons. The summed E-state index contributed by atoms with van der Waals surface area (Å²) in [5, 5.41) is 2.68. The van der Waals surface area contributed by atoms with Gasteiger partial charge in [-0.05, 0) is 25.3 Å². The van der Waals surface area contributed by atoms with E-state index in [1.807, 2.05) is 0 Å². The van der Waals surface area contributed by atoms with E-state index in [4.69, 9.17) is 0 Å². The lowest BCUT2D eigenvalue weighted by atomic mass is 9.81. The van der Waals surface area contributed by atoms with Gasteiger partial charge in [0.15, 0.2) is 5.71 Å². The van der Waals surface area contributed by atoms with Gasteiger partial charge in [0.25, 0.3) is 0 Å². The summed E-state index contributed by atoms with van der Waals surface area (Å²) in [6, 6.07) is 13.2. The van der Waals surface area contributed by atoms with Crippen LogP contribution in [-0.2, 0) is 5.41 Å². The van der Waals surface area contributed by atoms with Crippen molar-refractivity contribution in [3.05, 3.63) is 42.0 Å². The number of benzene rings is 2. The molecule has 1 aliphatic heterocycles. The van der Waals surface area contributed by atoms with Crippen LogP contribution in [0.25, 0.3) is 10.8 Å². The van der Waals surface area contributed by atoms with E-state index in [0.717, 1.165) is 0 Å². The molecule has 1 aliphatic rings. The second kappa shape index (κ2) is 4.34. The Morgan fingerprint density at radius 1 is 1.00 bits per heavy atom. The van der Waals surface area contributed by atoms with Crippen molar-refractivity contribution in [3.8, 4) is 0 Å². The minimum Gasteiger partial charge on any atom is -0.201 e. The molecule has 2 aromatic rings. The highest BCUT2D eigenvalue weighted by Crippen LogP contribution is 2.42. The summed E-state index contributed by atoms with van der Waals surface area (Å²) in [4.78, 5) is 0. The Labute approximate surface area is 126 Å². The van der Waals surface area contributed by atoms with Crippen molar-refractivity contribution in [1.29, 1.82) is 0 Å². The van der Waals surface area contributed by atoms with Gasteiger partial charge in [-0.3, -0.25) is 0 Å². The Bertz CT molecular complexity index is 653. The van der Waals surface area contributed by atoms with E-state index in [9.17, 15) is 0 Å². The smallest absolute Gasteiger partial charge is 0.201 e. The van der Waals surface area contributed by atoms with Crippen LogP contribution in [0.1, 0.15) is 26.3 Å². The maximum Gasteiger partial charge on any atom is 0.235 e. The van der Waals surface area contributed by atoms with E-state index in [0.29, 0.717) is 0 Å². The molecule has 1 nitrogen and oxygen atoms in total. The van der Waals surface area contributed by atoms with E-state index < -0.39 is 0 Å². The monoisotopic (exact) mass is 353 g/mol. The third kappa shape index (κ3) is 1.62. The molecule has 0 saturated carbocycles. The number of halogens is 1. The van der Waals surface area contributed by atoms with Gasteiger partial charge in [-0.15, -0.1) is 0 Å². The fourth-order valence-electron chi connectivity index (χ4n) is 2.90. The molecule has 0 N–H and O–H groups in total. The van der Waals surface area contributed by atoms with E-state index in [2.05, 4.69) is 68.8 Å². The zero-order chi connectivity index (χ0) is 12.2. The Morgan fingerprint density at radius 3 is 2.39 bits per heavy atom. The summed E-state index contributed by atoms with van der Waals surface area (Å²) in [6.45, 7) is 6.84. The van der Waals surface area contributed by atoms with Crippen LogP contribution in [0.15, 0.2) is 36.4 Å². The van der Waals surface area contributed by atoms with Gasteiger partial charge in [0.05, 0.1) is 10.8 Å². The highest BCUT2D eigenvalue weighted by molar-refractivity contribution is 6.01. The van der Waals surface area contributed by atoms with Crippen LogP contribution in [0.5, 0.6) is 0 Å². The van der Waals surface area contributed by atoms with Gasteiger partial charge < -0.3 is 0 Å². The largest absolute Gasteiger partial charge is 0.235 e. The van der Waals surface area contributed by atoms with Crippen molar-refractivity contribution >= 4 is 22.2 Å². The van der Waals surface area contributed by atoms with Gasteiger partial charge >= 0.3 is 0 Å². The molecule has 0 saturated heterocycles. The molecule has 0 amide bonds. The second-order valence-corrected chi connectivity index (χ2v) is 5.45. The number of rotatable bonds is 0. The predicted molar refractivity (Wildman–Crippen MR) is 76.3 cm³/mol. The number of nitrogens with zero attached hydrogens (tertiary/aromatic N) is 1. The third-order valence-corrected chi connectivity index (χ3v) is 4.32. The van der Waals surface area contributed by atoms with Gasteiger partial charge in [-0.25, -0.2) is 4.58 Å². The zero-order valence-electron chi connectivity index (χ0n) is 11.4. The molecule has 0 fully saturated rings. The third-order valence-electron chi connectivity index (χ3n) is 4.32. The molecule has 0 aromatic heterocycles. The van der Waals surface area contributed by atoms with Gasteiger partial charge in [-0.2, -0.15) is 0 Å². The van der Waals surface area contributed by atoms with Gasteiger partial charge in [0.1, 0.15) is 7.05 Å². The molecule has 0 spiro atoms. The van der Waals surface area contributed by atoms with Crippen LogP contribution in [0.2, 0.25) is 0 Å². The average Bonchev–Trinajstić information content (AvgIpc) is 2.51. The minimum atomic E-state index is 0. The summed E-state index contributed by atoms with van der Waals surface area (Å²) >= 11 is 0. The summed E-state index contributed by atoms with van der Waals surface area (Å²) in [5.41, 5.74) is 4.39. The first-order valence-corrected chi connectivity index (χ1v) is 6.13. The predicted octanol–water partition coefficient (Wildman–Crippen LogP) is 0.334. The first kappa shape index (κ1) is 13.5. The molecule has 0 unspecified atom stereocenters. The van der Waals surface area contributed by atoms with Crippen molar-refractivity contribution in [1.82, 2.24) is 0 Å². The summed E-state index contributed by atoms with van der Waals surface area (Å²) in [7, 11) is 2.18. The van der Waals surface area contributed by atoms with Crippen molar-refractivity contribution in [2.45, 2.75) is 26.2 Å². The highest BCUT2D eigenvalue weighted by atomic mass is 127. The molecule has 3 rings (SSSR count). The summed E-state index contributed by atoms with van der Waals surface area (Å²) in [5.74, 6) is 0. The topological polar surface area (TPSA) is 3.01 Å². The lowest BCUT2D eigenvalue weighted by Crippen LogP contribution is -3.00. The lowest BCUT2D eigenvalue weighted by Gasteiger charge is -2.15. The zero-order valence-corrected chi connectivity index (χ0v) is 13.9. The van der Waals surface area contributed by atoms with Gasteiger partial charge in [0, 0.05) is 12.5 Å². The maximum atomic E-state index is 2.34. The fourth-order valence-corrected chi connectivity index (χ4v) is 2.90. The normalized spacial score (nSPS) is 16.7. The Morgan fingerprint density at radius 2 is 1.67 bits per heavy atom. The van der Waals surface area contributed by atoms with E-state index in [1.54, 1.807) is 0 Å². The molecule has 0 atom stereocenters. The van der Waals surface area contributed by atoms with E-state index >= 15 is 0 Å². The van der Waals surface area contributed by atoms with Crippen LogP contribution in [0, 0.1) is 0 Å². The summed E-state index contributed by atoms with van der Waals surface area (Å²) in [6.07, 6.45) is 0. The molecule has 94 valence electrons. The standard InChI is InChI=1S/C16H18N.H2I/c1-11-16(2,3)14-10-9-12-7-5-6-8-13(12)15(14)17(11)4;/h5-10H,1-4H3;1H2/q2*+1. The van der Waals surface area contributed by atoms with Crippen LogP contribution in [0.4, 0.5) is 5.69 Å². The first-order valence-electron chi connectivity index (χ1n) is 6.13. The SMILES string of the molecule is CC1=[N+](C)c2c(ccc3ccccc23)C1(C)C.[IH2+]. The molecule has 0 bridgehead atoms. The fraction of sp³-hybridized carbons (Fsp3) is 0.312. The van der Waals surface area contributed by atoms with Gasteiger partial charge in [0.2, 0.25) is 29.7 Å². The first-order chi connectivity index (χ1) is 8.03. The van der Waals surface area contributed by atoms with Crippen molar-refractivity contribution in [3.63, 3.8) is 0 Å². The Kier molecular flexibility index (Phi) is 3.26. The van der Waals surface area contributed by atoms with Crippen LogP contribution < -0.4 is 24.0 Å². The van der Waals surface area contributed by atoms with Crippen molar-refractivity contribution in [2.75, 3.05) is 7.05 Å². The van der Waals surface area contributed by atoms with Crippen LogP contribution >= 0.6 is 0 Å². The second-order valence-electron chi connectivity index (χ2n) is 5.45. The maximum absolute atomic E-state index is 2.34. The molecular weight excluding hydrogens is 333 g/mol. The molecular formula is C16H20IN+2. The molecule has 1 heterocycles. The Hall–Kier alpha value is -0.900. The van der Waals surface area contributed by atoms with Crippen molar-refractivity contribution < 1.29 is 28.6 Å². The van der Waals surface area contributed by atoms with Crippen molar-refractivity contribution in [2.24, 2.45) is 0 Å². The highest BCUT2D eigenvalue weighted by Gasteiger charge is 2.42. The molecule has 2 aromatic carbocycles. The lowest BCUT2D eigenvalue weighted by molar-refractivity contribution is -0.401. The molecule has 2 heteroatoms. The number of fused-ring (bicyclic) bond motifs is 3. The minimum absolute atomic E-state index is 0. The number of hydrogen-bond donors (Lipinski definition) is 0. The average molecular weight is 353 g/mol.